The van der Waals surface area contributed by atoms with Crippen LogP contribution in [0.25, 0.3) is 0 Å². The van der Waals surface area contributed by atoms with Crippen molar-refractivity contribution in [1.29, 1.82) is 0 Å². The lowest BCUT2D eigenvalue weighted by Gasteiger charge is -2.39. The number of carbonyl (C=O) groups is 1. The average molecular weight is 447 g/mol. The van der Waals surface area contributed by atoms with Crippen LogP contribution in [0.4, 0.5) is 5.69 Å². The standard InChI is InChI=1S/C23H27ClN2O5/c1-15(27)25-20-4-3-18(28)11-22(20)30-14-19(29)13-26-8-6-23(7-9-26)12-16-10-17(24)2-5-21(16)31-23/h2-5,10-11,19,28-29H,6-9,12-14H2,1H3,(H,25,27)/t19-/m0/s1. The number of aromatic hydroxyl groups is 1. The highest BCUT2D eigenvalue weighted by Gasteiger charge is 2.42. The molecule has 0 radical (unpaired) electrons. The molecule has 0 aliphatic carbocycles. The van der Waals surface area contributed by atoms with Gasteiger partial charge in [0, 0.05) is 56.9 Å². The smallest absolute Gasteiger partial charge is 0.221 e. The van der Waals surface area contributed by atoms with Crippen LogP contribution in [-0.4, -0.2) is 59.0 Å². The molecule has 0 unspecified atom stereocenters. The molecule has 0 bridgehead atoms. The number of β-amino-alcohol motifs (C(OH)–C–C–N with tert-alkyl or cyclic N) is 1. The van der Waals surface area contributed by atoms with Crippen LogP contribution in [-0.2, 0) is 11.2 Å². The molecule has 2 aromatic carbocycles. The van der Waals surface area contributed by atoms with E-state index in [1.165, 1.54) is 19.1 Å². The molecule has 2 aliphatic heterocycles. The van der Waals surface area contributed by atoms with Gasteiger partial charge in [0.05, 0.1) is 5.69 Å². The molecular weight excluding hydrogens is 420 g/mol. The minimum atomic E-state index is -0.706. The number of rotatable bonds is 6. The SMILES string of the molecule is CC(=O)Nc1ccc(O)cc1OC[C@@H](O)CN1CCC2(CC1)Cc1cc(Cl)ccc1O2. The maximum Gasteiger partial charge on any atom is 0.221 e. The quantitative estimate of drug-likeness (QED) is 0.590. The number of likely N-dealkylation sites (tertiary alicyclic amines) is 1. The van der Waals surface area contributed by atoms with Gasteiger partial charge in [-0.05, 0) is 35.9 Å². The number of carbonyl (C=O) groups excluding carboxylic acids is 1. The predicted molar refractivity (Wildman–Crippen MR) is 118 cm³/mol. The number of nitrogens with zero attached hydrogens (tertiary/aromatic N) is 1. The highest BCUT2D eigenvalue weighted by molar-refractivity contribution is 6.30. The van der Waals surface area contributed by atoms with Gasteiger partial charge in [-0.2, -0.15) is 0 Å². The summed E-state index contributed by atoms with van der Waals surface area (Å²) in [4.78, 5) is 13.5. The molecule has 1 saturated heterocycles. The zero-order valence-electron chi connectivity index (χ0n) is 17.4. The molecule has 3 N–H and O–H groups in total. The van der Waals surface area contributed by atoms with E-state index in [1.807, 2.05) is 18.2 Å². The number of fused-ring (bicyclic) bond motifs is 1. The molecule has 0 aromatic heterocycles. The maximum atomic E-state index is 11.3. The van der Waals surface area contributed by atoms with Crippen molar-refractivity contribution in [2.75, 3.05) is 31.6 Å². The molecule has 1 atom stereocenters. The second-order valence-electron chi connectivity index (χ2n) is 8.34. The van der Waals surface area contributed by atoms with Crippen LogP contribution in [0.1, 0.15) is 25.3 Å². The number of piperidine rings is 1. The number of hydrogen-bond donors (Lipinski definition) is 3. The largest absolute Gasteiger partial charge is 0.508 e. The Kier molecular flexibility index (Phi) is 6.27. The van der Waals surface area contributed by atoms with Crippen molar-refractivity contribution in [2.24, 2.45) is 0 Å². The molecule has 7 nitrogen and oxygen atoms in total. The number of ether oxygens (including phenoxy) is 2. The fraction of sp³-hybridized carbons (Fsp3) is 0.435. The molecule has 166 valence electrons. The van der Waals surface area contributed by atoms with E-state index in [4.69, 9.17) is 21.1 Å². The summed E-state index contributed by atoms with van der Waals surface area (Å²) in [6, 6.07) is 10.2. The third-order valence-corrected chi connectivity index (χ3v) is 6.04. The first-order chi connectivity index (χ1) is 14.8. The van der Waals surface area contributed by atoms with Gasteiger partial charge in [-0.25, -0.2) is 0 Å². The van der Waals surface area contributed by atoms with E-state index in [1.54, 1.807) is 6.07 Å². The van der Waals surface area contributed by atoms with Crippen molar-refractivity contribution in [3.8, 4) is 17.2 Å². The molecule has 2 aliphatic rings. The van der Waals surface area contributed by atoms with Crippen LogP contribution in [0.15, 0.2) is 36.4 Å². The van der Waals surface area contributed by atoms with Crippen LogP contribution in [0.2, 0.25) is 5.02 Å². The molecule has 31 heavy (non-hydrogen) atoms. The maximum absolute atomic E-state index is 11.3. The fourth-order valence-corrected chi connectivity index (χ4v) is 4.48. The number of benzene rings is 2. The van der Waals surface area contributed by atoms with Crippen LogP contribution < -0.4 is 14.8 Å². The van der Waals surface area contributed by atoms with Gasteiger partial charge < -0.3 is 29.9 Å². The van der Waals surface area contributed by atoms with Crippen molar-refractivity contribution in [2.45, 2.75) is 37.9 Å². The Labute approximate surface area is 186 Å². The Morgan fingerprint density at radius 1 is 1.29 bits per heavy atom. The van der Waals surface area contributed by atoms with Gasteiger partial charge in [-0.3, -0.25) is 4.79 Å². The second-order valence-corrected chi connectivity index (χ2v) is 8.78. The van der Waals surface area contributed by atoms with Crippen molar-refractivity contribution < 1.29 is 24.5 Å². The topological polar surface area (TPSA) is 91.3 Å². The summed E-state index contributed by atoms with van der Waals surface area (Å²) in [5.41, 5.74) is 1.44. The summed E-state index contributed by atoms with van der Waals surface area (Å²) >= 11 is 6.11. The number of halogens is 1. The number of aliphatic hydroxyl groups excluding tert-OH is 1. The average Bonchev–Trinajstić information content (AvgIpc) is 3.06. The van der Waals surface area contributed by atoms with E-state index < -0.39 is 6.10 Å². The summed E-state index contributed by atoms with van der Waals surface area (Å²) in [6.45, 7) is 3.57. The van der Waals surface area contributed by atoms with Gasteiger partial charge in [-0.15, -0.1) is 0 Å². The summed E-state index contributed by atoms with van der Waals surface area (Å²) in [5, 5.41) is 23.6. The zero-order valence-corrected chi connectivity index (χ0v) is 18.2. The first kappa shape index (κ1) is 21.7. The van der Waals surface area contributed by atoms with Crippen LogP contribution in [0.5, 0.6) is 17.2 Å². The lowest BCUT2D eigenvalue weighted by molar-refractivity contribution is -0.114. The molecule has 1 spiro atoms. The number of hydrogen-bond acceptors (Lipinski definition) is 6. The van der Waals surface area contributed by atoms with E-state index in [0.29, 0.717) is 18.0 Å². The Morgan fingerprint density at radius 2 is 2.06 bits per heavy atom. The lowest BCUT2D eigenvalue weighted by Crippen LogP contribution is -2.49. The van der Waals surface area contributed by atoms with Gasteiger partial charge in [0.15, 0.2) is 0 Å². The summed E-state index contributed by atoms with van der Waals surface area (Å²) < 4.78 is 12.0. The third kappa shape index (κ3) is 5.23. The number of phenolic OH excluding ortho intramolecular Hbond substituents is 1. The molecule has 2 heterocycles. The molecule has 1 fully saturated rings. The fourth-order valence-electron chi connectivity index (χ4n) is 4.28. The Bertz CT molecular complexity index is 959. The van der Waals surface area contributed by atoms with Gasteiger partial charge >= 0.3 is 0 Å². The van der Waals surface area contributed by atoms with Crippen molar-refractivity contribution in [3.05, 3.63) is 47.0 Å². The predicted octanol–water partition coefficient (Wildman–Crippen LogP) is 3.21. The number of nitrogens with one attached hydrogen (secondary N) is 1. The van der Waals surface area contributed by atoms with E-state index >= 15 is 0 Å². The zero-order chi connectivity index (χ0) is 22.0. The highest BCUT2D eigenvalue weighted by Crippen LogP contribution is 2.42. The summed E-state index contributed by atoms with van der Waals surface area (Å²) in [7, 11) is 0. The second kappa shape index (κ2) is 8.94. The van der Waals surface area contributed by atoms with E-state index in [0.717, 1.165) is 48.7 Å². The Hall–Kier alpha value is -2.48. The van der Waals surface area contributed by atoms with Crippen LogP contribution in [0, 0.1) is 0 Å². The molecule has 1 amide bonds. The first-order valence-corrected chi connectivity index (χ1v) is 10.8. The summed E-state index contributed by atoms with van der Waals surface area (Å²) in [6.07, 6.45) is 1.92. The highest BCUT2D eigenvalue weighted by atomic mass is 35.5. The molecule has 2 aromatic rings. The van der Waals surface area contributed by atoms with E-state index in [9.17, 15) is 15.0 Å². The van der Waals surface area contributed by atoms with Gasteiger partial charge in [0.1, 0.15) is 35.6 Å². The van der Waals surface area contributed by atoms with Crippen molar-refractivity contribution >= 4 is 23.2 Å². The Morgan fingerprint density at radius 3 is 2.81 bits per heavy atom. The Balaban J connectivity index is 1.27. The van der Waals surface area contributed by atoms with E-state index in [2.05, 4.69) is 10.2 Å². The number of amides is 1. The number of phenols is 1. The molecule has 0 saturated carbocycles. The normalized spacial score (nSPS) is 18.3. The molecule has 8 heteroatoms. The molecular formula is C23H27ClN2O5. The van der Waals surface area contributed by atoms with Gasteiger partial charge in [0.25, 0.3) is 0 Å². The lowest BCUT2D eigenvalue weighted by atomic mass is 9.87. The monoisotopic (exact) mass is 446 g/mol. The van der Waals surface area contributed by atoms with Crippen LogP contribution >= 0.6 is 11.6 Å². The van der Waals surface area contributed by atoms with Crippen molar-refractivity contribution in [3.63, 3.8) is 0 Å². The third-order valence-electron chi connectivity index (χ3n) is 5.80. The minimum Gasteiger partial charge on any atom is -0.508 e. The number of anilines is 1. The first-order valence-electron chi connectivity index (χ1n) is 10.4. The minimum absolute atomic E-state index is 0.0266. The van der Waals surface area contributed by atoms with Crippen molar-refractivity contribution in [1.82, 2.24) is 4.90 Å². The number of aliphatic hydroxyl groups is 1. The summed E-state index contributed by atoms with van der Waals surface area (Å²) in [5.74, 6) is 1.03. The van der Waals surface area contributed by atoms with E-state index in [-0.39, 0.29) is 23.9 Å². The molecule has 4 rings (SSSR count). The van der Waals surface area contributed by atoms with Crippen LogP contribution in [0.3, 0.4) is 0 Å². The van der Waals surface area contributed by atoms with Gasteiger partial charge in [-0.1, -0.05) is 11.6 Å². The van der Waals surface area contributed by atoms with Gasteiger partial charge in [0.2, 0.25) is 5.91 Å².